The number of aromatic amines is 2. The molecule has 0 aliphatic carbocycles. The molecule has 3 aliphatic heterocycles. The second-order valence-corrected chi connectivity index (χ2v) is 15.3. The molecule has 17 heteroatoms. The Morgan fingerprint density at radius 2 is 1.43 bits per heavy atom. The Bertz CT molecular complexity index is 2170. The molecule has 4 aromatic rings. The number of methoxy groups -OCH3 is 2. The van der Waals surface area contributed by atoms with E-state index in [4.69, 9.17) is 4.74 Å². The average molecular weight is 801 g/mol. The fourth-order valence-electron chi connectivity index (χ4n) is 7.97. The number of halogens is 2. The number of rotatable bonds is 10. The van der Waals surface area contributed by atoms with Crippen LogP contribution in [0.4, 0.5) is 13.6 Å². The molecule has 3 aliphatic rings. The van der Waals surface area contributed by atoms with Gasteiger partial charge < -0.3 is 29.7 Å². The van der Waals surface area contributed by atoms with Crippen LogP contribution in [0, 0.1) is 11.8 Å². The summed E-state index contributed by atoms with van der Waals surface area (Å²) in [6.07, 6.45) is 3.48. The van der Waals surface area contributed by atoms with E-state index in [1.165, 1.54) is 24.2 Å². The summed E-state index contributed by atoms with van der Waals surface area (Å²) in [5, 5.41) is 5.47. The number of alkyl halides is 2. The lowest BCUT2D eigenvalue weighted by Crippen LogP contribution is -2.54. The Morgan fingerprint density at radius 3 is 1.98 bits per heavy atom. The van der Waals surface area contributed by atoms with E-state index in [-0.39, 0.29) is 42.8 Å². The number of hydrogen-bond acceptors (Lipinski definition) is 9. The maximum absolute atomic E-state index is 14.8. The Hall–Kier alpha value is -6.13. The zero-order valence-electron chi connectivity index (χ0n) is 32.7. The van der Waals surface area contributed by atoms with Crippen molar-refractivity contribution in [3.63, 3.8) is 0 Å². The molecule has 3 fully saturated rings. The number of benzene rings is 2. The summed E-state index contributed by atoms with van der Waals surface area (Å²) >= 11 is 0. The van der Waals surface area contributed by atoms with Gasteiger partial charge in [-0.3, -0.25) is 24.2 Å². The molecular formula is C41H46F2N8O7. The number of fused-ring (bicyclic) bond motifs is 1. The van der Waals surface area contributed by atoms with Crippen LogP contribution in [0.5, 0.6) is 0 Å². The first-order chi connectivity index (χ1) is 27.8. The van der Waals surface area contributed by atoms with Crippen molar-refractivity contribution < 1.29 is 42.2 Å². The minimum atomic E-state index is -3.14. The fraction of sp³-hybridized carbons (Fsp3) is 0.439. The number of aromatic nitrogens is 4. The van der Waals surface area contributed by atoms with E-state index in [2.05, 4.69) is 30.0 Å². The highest BCUT2D eigenvalue weighted by molar-refractivity contribution is 5.89. The summed E-state index contributed by atoms with van der Waals surface area (Å²) < 4.78 is 39.0. The van der Waals surface area contributed by atoms with Gasteiger partial charge in [-0.1, -0.05) is 62.4 Å². The maximum atomic E-state index is 14.8. The standard InChI is InChI=1S/C41H46F2N8O7/c1-23(2)35(48-40(56)58-4)39(55)49-22-41(42,43)19-32(49)37-45-21-30(47-37)27-13-9-25(10-14-27)24-7-11-26(12-8-24)29-20-44-36(46-29)31-6-5-17-50-33(52)16-15-28(18-34(53)57-3)38(54)51(31)50/h7-14,20-21,23,28,31-32,35H,5-6,15-19,22H2,1-4H3,(H,44,46)(H,45,47)(H,48,56)/t28-,31+,32+,35+/m1/s1. The molecule has 4 atom stereocenters. The van der Waals surface area contributed by atoms with Gasteiger partial charge in [0.1, 0.15) is 23.7 Å². The average Bonchev–Trinajstić information content (AvgIpc) is 3.98. The lowest BCUT2D eigenvalue weighted by atomic mass is 9.97. The van der Waals surface area contributed by atoms with Gasteiger partial charge in [-0.25, -0.2) is 28.6 Å². The number of esters is 1. The van der Waals surface area contributed by atoms with Crippen LogP contribution in [0.3, 0.4) is 0 Å². The summed E-state index contributed by atoms with van der Waals surface area (Å²) in [4.78, 5) is 80.8. The monoisotopic (exact) mass is 800 g/mol. The van der Waals surface area contributed by atoms with E-state index < -0.39 is 60.9 Å². The predicted molar refractivity (Wildman–Crippen MR) is 205 cm³/mol. The number of alkyl carbamates (subject to hydrolysis) is 1. The number of ether oxygens (including phenoxy) is 2. The molecule has 0 saturated carbocycles. The minimum absolute atomic E-state index is 0.0897. The molecule has 4 amide bonds. The first-order valence-corrected chi connectivity index (χ1v) is 19.3. The number of imidazole rings is 2. The molecule has 0 spiro atoms. The Labute approximate surface area is 333 Å². The number of carbonyl (C=O) groups excluding carboxylic acids is 5. The number of carbonyl (C=O) groups is 5. The molecule has 3 N–H and O–H groups in total. The zero-order chi connectivity index (χ0) is 41.3. The summed E-state index contributed by atoms with van der Waals surface area (Å²) in [5.74, 6) is -4.98. The lowest BCUT2D eigenvalue weighted by Gasteiger charge is -2.43. The first-order valence-electron chi connectivity index (χ1n) is 19.3. The summed E-state index contributed by atoms with van der Waals surface area (Å²) in [6.45, 7) is 3.05. The van der Waals surface area contributed by atoms with Gasteiger partial charge in [0.2, 0.25) is 17.7 Å². The van der Waals surface area contributed by atoms with Crippen LogP contribution in [0.15, 0.2) is 60.9 Å². The van der Waals surface area contributed by atoms with Gasteiger partial charge in [-0.15, -0.1) is 0 Å². The second kappa shape index (κ2) is 16.4. The maximum Gasteiger partial charge on any atom is 0.407 e. The van der Waals surface area contributed by atoms with Gasteiger partial charge in [0.15, 0.2) is 0 Å². The highest BCUT2D eigenvalue weighted by Crippen LogP contribution is 2.42. The topological polar surface area (TPSA) is 183 Å². The van der Waals surface area contributed by atoms with Gasteiger partial charge in [0, 0.05) is 19.4 Å². The highest BCUT2D eigenvalue weighted by atomic mass is 19.3. The number of H-pyrrole nitrogens is 2. The summed E-state index contributed by atoms with van der Waals surface area (Å²) in [5.41, 5.74) is 4.83. The van der Waals surface area contributed by atoms with Crippen molar-refractivity contribution in [2.45, 2.75) is 76.4 Å². The van der Waals surface area contributed by atoms with Gasteiger partial charge in [0.05, 0.1) is 62.9 Å². The van der Waals surface area contributed by atoms with Crippen molar-refractivity contribution in [3.05, 3.63) is 72.6 Å². The van der Waals surface area contributed by atoms with E-state index in [0.717, 1.165) is 32.8 Å². The first kappa shape index (κ1) is 40.1. The number of nitrogens with one attached hydrogen (secondary N) is 3. The molecule has 306 valence electrons. The molecular weight excluding hydrogens is 754 g/mol. The van der Waals surface area contributed by atoms with Crippen LogP contribution in [0.1, 0.15) is 76.1 Å². The Kier molecular flexibility index (Phi) is 11.3. The van der Waals surface area contributed by atoms with Crippen LogP contribution in [-0.4, -0.2) is 104 Å². The van der Waals surface area contributed by atoms with Crippen molar-refractivity contribution >= 4 is 29.8 Å². The van der Waals surface area contributed by atoms with Gasteiger partial charge in [-0.2, -0.15) is 0 Å². The highest BCUT2D eigenvalue weighted by Gasteiger charge is 2.50. The van der Waals surface area contributed by atoms with Crippen LogP contribution in [0.25, 0.3) is 33.6 Å². The van der Waals surface area contributed by atoms with Crippen molar-refractivity contribution in [1.82, 2.24) is 40.2 Å². The van der Waals surface area contributed by atoms with Crippen molar-refractivity contribution in [2.75, 3.05) is 27.3 Å². The largest absolute Gasteiger partial charge is 0.469 e. The smallest absolute Gasteiger partial charge is 0.407 e. The number of nitrogens with zero attached hydrogens (tertiary/aromatic N) is 5. The lowest BCUT2D eigenvalue weighted by molar-refractivity contribution is -0.176. The van der Waals surface area contributed by atoms with E-state index >= 15 is 0 Å². The van der Waals surface area contributed by atoms with Crippen molar-refractivity contribution in [3.8, 4) is 33.6 Å². The van der Waals surface area contributed by atoms with Crippen molar-refractivity contribution in [1.29, 1.82) is 0 Å². The molecule has 5 heterocycles. The zero-order valence-corrected chi connectivity index (χ0v) is 32.7. The molecule has 0 radical (unpaired) electrons. The number of amides is 4. The van der Waals surface area contributed by atoms with E-state index in [1.54, 1.807) is 26.2 Å². The summed E-state index contributed by atoms with van der Waals surface area (Å²) in [7, 11) is 2.45. The van der Waals surface area contributed by atoms with E-state index in [0.29, 0.717) is 30.9 Å². The van der Waals surface area contributed by atoms with Gasteiger partial charge >= 0.3 is 12.1 Å². The summed E-state index contributed by atoms with van der Waals surface area (Å²) in [6, 6.07) is 12.9. The molecule has 0 unspecified atom stereocenters. The normalized spacial score (nSPS) is 21.1. The minimum Gasteiger partial charge on any atom is -0.469 e. The Balaban J connectivity index is 1.04. The fourth-order valence-corrected chi connectivity index (χ4v) is 7.97. The van der Waals surface area contributed by atoms with Crippen LogP contribution in [0.2, 0.25) is 0 Å². The Morgan fingerprint density at radius 1 is 0.862 bits per heavy atom. The number of likely N-dealkylation sites (tertiary alicyclic amines) is 1. The van der Waals surface area contributed by atoms with Crippen LogP contribution in [-0.2, 0) is 28.7 Å². The molecule has 2 aromatic carbocycles. The number of hydrazine groups is 1. The quantitative estimate of drug-likeness (QED) is 0.167. The molecule has 58 heavy (non-hydrogen) atoms. The third-order valence-corrected chi connectivity index (χ3v) is 11.1. The van der Waals surface area contributed by atoms with E-state index in [9.17, 15) is 32.8 Å². The van der Waals surface area contributed by atoms with Crippen LogP contribution >= 0.6 is 0 Å². The van der Waals surface area contributed by atoms with Crippen molar-refractivity contribution in [2.24, 2.45) is 11.8 Å². The molecule has 15 nitrogen and oxygen atoms in total. The third-order valence-electron chi connectivity index (χ3n) is 11.1. The third kappa shape index (κ3) is 8.15. The molecule has 0 bridgehead atoms. The SMILES string of the molecule is COC(=O)C[C@H]1CCC(=O)N2CCC[C@@H](c3ncc(-c4ccc(-c5ccc(-c6cnc([C@@H]7CC(F)(F)CN7C(=O)[C@@H](NC(=O)OC)C(C)C)[nH]6)cc5)cc4)[nH]3)N2C1=O. The molecule has 3 saturated heterocycles. The van der Waals surface area contributed by atoms with E-state index in [1.807, 2.05) is 48.5 Å². The van der Waals surface area contributed by atoms with Gasteiger partial charge in [0.25, 0.3) is 5.92 Å². The predicted octanol–water partition coefficient (Wildman–Crippen LogP) is 5.80. The molecule has 2 aromatic heterocycles. The molecule has 7 rings (SSSR count). The van der Waals surface area contributed by atoms with Gasteiger partial charge in [-0.05, 0) is 47.4 Å². The number of hydrogen-bond donors (Lipinski definition) is 3. The second-order valence-electron chi connectivity index (χ2n) is 15.3. The van der Waals surface area contributed by atoms with Crippen LogP contribution < -0.4 is 5.32 Å².